The first-order valence-corrected chi connectivity index (χ1v) is 8.26. The monoisotopic (exact) mass is 381 g/mol. The molecule has 0 aliphatic heterocycles. The van der Waals surface area contributed by atoms with Gasteiger partial charge in [0.15, 0.2) is 0 Å². The lowest BCUT2D eigenvalue weighted by Gasteiger charge is -2.09. The van der Waals surface area contributed by atoms with Crippen molar-refractivity contribution in [2.75, 3.05) is 10.6 Å². The van der Waals surface area contributed by atoms with Crippen molar-refractivity contribution in [3.8, 4) is 0 Å². The summed E-state index contributed by atoms with van der Waals surface area (Å²) in [4.78, 5) is 16.5. The van der Waals surface area contributed by atoms with E-state index in [1.165, 1.54) is 0 Å². The molecule has 3 rings (SSSR count). The number of nitrogens with one attached hydrogen (secondary N) is 2. The van der Waals surface area contributed by atoms with E-state index in [4.69, 9.17) is 0 Å². The van der Waals surface area contributed by atoms with Crippen molar-refractivity contribution < 1.29 is 4.79 Å². The van der Waals surface area contributed by atoms with Crippen LogP contribution in [0.25, 0.3) is 0 Å². The van der Waals surface area contributed by atoms with E-state index < -0.39 is 0 Å². The highest BCUT2D eigenvalue weighted by molar-refractivity contribution is 9.10. The molecule has 4 nitrogen and oxygen atoms in total. The van der Waals surface area contributed by atoms with E-state index in [1.54, 1.807) is 12.3 Å². The topological polar surface area (TPSA) is 54.0 Å². The first-order chi connectivity index (χ1) is 11.6. The molecular formula is C19H16BrN3O. The van der Waals surface area contributed by atoms with Crippen LogP contribution in [0.4, 0.5) is 17.1 Å². The lowest BCUT2D eigenvalue weighted by atomic mass is 10.2. The third-order valence-corrected chi connectivity index (χ3v) is 3.93. The largest absolute Gasteiger partial charge is 0.355 e. The molecule has 0 saturated heterocycles. The number of nitrogens with zero attached hydrogens (tertiary/aromatic N) is 1. The Morgan fingerprint density at radius 3 is 2.50 bits per heavy atom. The van der Waals surface area contributed by atoms with Gasteiger partial charge in [0, 0.05) is 27.7 Å². The highest BCUT2D eigenvalue weighted by Crippen LogP contribution is 2.20. The number of aryl methyl sites for hydroxylation is 1. The maximum absolute atomic E-state index is 12.4. The van der Waals surface area contributed by atoms with Crippen LogP contribution in [0.15, 0.2) is 71.3 Å². The summed E-state index contributed by atoms with van der Waals surface area (Å²) >= 11 is 3.41. The highest BCUT2D eigenvalue weighted by atomic mass is 79.9. The fourth-order valence-corrected chi connectivity index (χ4v) is 2.51. The molecule has 1 heterocycles. The SMILES string of the molecule is Cc1cccc(NC(=O)c2cc(Nc3ccc(Br)cc3)ccn2)c1. The number of anilines is 3. The summed E-state index contributed by atoms with van der Waals surface area (Å²) in [5.41, 5.74) is 3.95. The van der Waals surface area contributed by atoms with E-state index in [0.29, 0.717) is 5.69 Å². The van der Waals surface area contributed by atoms with Gasteiger partial charge in [0.2, 0.25) is 0 Å². The zero-order chi connectivity index (χ0) is 16.9. The van der Waals surface area contributed by atoms with Gasteiger partial charge in [0.25, 0.3) is 5.91 Å². The van der Waals surface area contributed by atoms with Crippen LogP contribution >= 0.6 is 15.9 Å². The molecule has 24 heavy (non-hydrogen) atoms. The van der Waals surface area contributed by atoms with Crippen LogP contribution in [0.2, 0.25) is 0 Å². The first-order valence-electron chi connectivity index (χ1n) is 7.47. The number of hydrogen-bond acceptors (Lipinski definition) is 3. The Labute approximate surface area is 149 Å². The quantitative estimate of drug-likeness (QED) is 0.656. The molecule has 0 aliphatic carbocycles. The molecule has 0 bridgehead atoms. The number of amides is 1. The van der Waals surface area contributed by atoms with Gasteiger partial charge in [0.05, 0.1) is 0 Å². The number of hydrogen-bond donors (Lipinski definition) is 2. The number of halogens is 1. The third-order valence-electron chi connectivity index (χ3n) is 3.40. The summed E-state index contributed by atoms with van der Waals surface area (Å²) < 4.78 is 1.01. The molecule has 0 atom stereocenters. The highest BCUT2D eigenvalue weighted by Gasteiger charge is 2.09. The summed E-state index contributed by atoms with van der Waals surface area (Å²) in [6, 6.07) is 19.0. The lowest BCUT2D eigenvalue weighted by Crippen LogP contribution is -2.13. The zero-order valence-corrected chi connectivity index (χ0v) is 14.7. The van der Waals surface area contributed by atoms with Gasteiger partial charge in [-0.3, -0.25) is 9.78 Å². The van der Waals surface area contributed by atoms with Crippen LogP contribution in [-0.2, 0) is 0 Å². The lowest BCUT2D eigenvalue weighted by molar-refractivity contribution is 0.102. The molecule has 120 valence electrons. The van der Waals surface area contributed by atoms with E-state index in [9.17, 15) is 4.79 Å². The predicted octanol–water partition coefficient (Wildman–Crippen LogP) is 5.15. The van der Waals surface area contributed by atoms with Crippen molar-refractivity contribution in [2.24, 2.45) is 0 Å². The second kappa shape index (κ2) is 7.27. The Kier molecular flexibility index (Phi) is 4.91. The van der Waals surface area contributed by atoms with E-state index in [-0.39, 0.29) is 5.91 Å². The van der Waals surface area contributed by atoms with Gasteiger partial charge in [-0.2, -0.15) is 0 Å². The smallest absolute Gasteiger partial charge is 0.274 e. The molecule has 1 amide bonds. The summed E-state index contributed by atoms with van der Waals surface area (Å²) in [6.45, 7) is 1.98. The molecule has 2 N–H and O–H groups in total. The van der Waals surface area contributed by atoms with E-state index >= 15 is 0 Å². The van der Waals surface area contributed by atoms with Crippen molar-refractivity contribution in [1.29, 1.82) is 0 Å². The number of benzene rings is 2. The minimum absolute atomic E-state index is 0.236. The van der Waals surface area contributed by atoms with Gasteiger partial charge in [-0.05, 0) is 61.0 Å². The molecule has 0 unspecified atom stereocenters. The Bertz CT molecular complexity index is 862. The number of rotatable bonds is 4. The molecule has 3 aromatic rings. The standard InChI is InChI=1S/C19H16BrN3O/c1-13-3-2-4-16(11-13)23-19(24)18-12-17(9-10-21-18)22-15-7-5-14(20)6-8-15/h2-12H,1H3,(H,21,22)(H,23,24). The van der Waals surface area contributed by atoms with Crippen molar-refractivity contribution in [1.82, 2.24) is 4.98 Å². The van der Waals surface area contributed by atoms with Gasteiger partial charge in [-0.25, -0.2) is 0 Å². The Morgan fingerprint density at radius 2 is 1.75 bits per heavy atom. The molecule has 0 saturated carbocycles. The minimum Gasteiger partial charge on any atom is -0.355 e. The minimum atomic E-state index is -0.236. The molecular weight excluding hydrogens is 366 g/mol. The average Bonchev–Trinajstić information content (AvgIpc) is 2.57. The van der Waals surface area contributed by atoms with Gasteiger partial charge in [0.1, 0.15) is 5.69 Å². The van der Waals surface area contributed by atoms with Crippen molar-refractivity contribution >= 4 is 38.9 Å². The summed E-state index contributed by atoms with van der Waals surface area (Å²) in [5, 5.41) is 6.12. The van der Waals surface area contributed by atoms with Crippen LogP contribution in [0.1, 0.15) is 16.1 Å². The van der Waals surface area contributed by atoms with Crippen LogP contribution in [0, 0.1) is 6.92 Å². The molecule has 0 fully saturated rings. The second-order valence-corrected chi connectivity index (χ2v) is 6.30. The Balaban J connectivity index is 1.74. The summed E-state index contributed by atoms with van der Waals surface area (Å²) in [5.74, 6) is -0.236. The molecule has 0 spiro atoms. The molecule has 1 aromatic heterocycles. The number of pyridine rings is 1. The van der Waals surface area contributed by atoms with Gasteiger partial charge < -0.3 is 10.6 Å². The van der Waals surface area contributed by atoms with Crippen molar-refractivity contribution in [3.05, 3.63) is 82.6 Å². The molecule has 5 heteroatoms. The van der Waals surface area contributed by atoms with Crippen molar-refractivity contribution in [2.45, 2.75) is 6.92 Å². The second-order valence-electron chi connectivity index (χ2n) is 5.39. The normalized spacial score (nSPS) is 10.2. The summed E-state index contributed by atoms with van der Waals surface area (Å²) in [7, 11) is 0. The molecule has 2 aromatic carbocycles. The number of carbonyl (C=O) groups excluding carboxylic acids is 1. The number of carbonyl (C=O) groups is 1. The number of aromatic nitrogens is 1. The molecule has 0 aliphatic rings. The Morgan fingerprint density at radius 1 is 0.958 bits per heavy atom. The van der Waals surface area contributed by atoms with Crippen LogP contribution in [0.3, 0.4) is 0 Å². The van der Waals surface area contributed by atoms with Gasteiger partial charge >= 0.3 is 0 Å². The first kappa shape index (κ1) is 16.2. The summed E-state index contributed by atoms with van der Waals surface area (Å²) in [6.07, 6.45) is 1.62. The fraction of sp³-hybridized carbons (Fsp3) is 0.0526. The van der Waals surface area contributed by atoms with Crippen LogP contribution < -0.4 is 10.6 Å². The van der Waals surface area contributed by atoms with Gasteiger partial charge in [-0.15, -0.1) is 0 Å². The van der Waals surface area contributed by atoms with Crippen LogP contribution in [-0.4, -0.2) is 10.9 Å². The predicted molar refractivity (Wildman–Crippen MR) is 101 cm³/mol. The maximum Gasteiger partial charge on any atom is 0.274 e. The van der Waals surface area contributed by atoms with Gasteiger partial charge in [-0.1, -0.05) is 28.1 Å². The Hall–Kier alpha value is -2.66. The van der Waals surface area contributed by atoms with Crippen molar-refractivity contribution in [3.63, 3.8) is 0 Å². The van der Waals surface area contributed by atoms with E-state index in [0.717, 1.165) is 27.1 Å². The zero-order valence-electron chi connectivity index (χ0n) is 13.1. The van der Waals surface area contributed by atoms with Crippen LogP contribution in [0.5, 0.6) is 0 Å². The average molecular weight is 382 g/mol. The van der Waals surface area contributed by atoms with E-state index in [2.05, 4.69) is 31.5 Å². The maximum atomic E-state index is 12.4. The molecule has 0 radical (unpaired) electrons. The third kappa shape index (κ3) is 4.20. The fourth-order valence-electron chi connectivity index (χ4n) is 2.25. The van der Waals surface area contributed by atoms with E-state index in [1.807, 2.05) is 61.5 Å².